The number of aliphatic hydroxyl groups is 1. The lowest BCUT2D eigenvalue weighted by atomic mass is 9.90. The zero-order chi connectivity index (χ0) is 16.0. The first kappa shape index (κ1) is 17.1. The number of aliphatic hydroxyl groups excluding tert-OH is 1. The second kappa shape index (κ2) is 7.17. The Balaban J connectivity index is 2.42. The Labute approximate surface area is 122 Å². The highest BCUT2D eigenvalue weighted by Crippen LogP contribution is 2.20. The number of hydrogen-bond donors (Lipinski definition) is 3. The van der Waals surface area contributed by atoms with Crippen LogP contribution < -0.4 is 5.32 Å². The topological polar surface area (TPSA) is 86.6 Å². The van der Waals surface area contributed by atoms with Crippen LogP contribution >= 0.6 is 0 Å². The molecular formula is C15H20FNO4. The molecule has 116 valence electrons. The monoisotopic (exact) mass is 297 g/mol. The first-order chi connectivity index (χ1) is 9.72. The van der Waals surface area contributed by atoms with Gasteiger partial charge >= 0.3 is 5.97 Å². The highest BCUT2D eigenvalue weighted by molar-refractivity contribution is 5.77. The summed E-state index contributed by atoms with van der Waals surface area (Å²) in [6.07, 6.45) is -1.01. The number of carboxylic acids is 1. The minimum atomic E-state index is -1.09. The normalized spacial score (nSPS) is 12.8. The Kier molecular flexibility index (Phi) is 5.84. The third kappa shape index (κ3) is 5.51. The van der Waals surface area contributed by atoms with Crippen molar-refractivity contribution in [3.63, 3.8) is 0 Å². The molecule has 0 spiro atoms. The molecule has 0 saturated carbocycles. The van der Waals surface area contributed by atoms with Gasteiger partial charge in [-0.1, -0.05) is 12.1 Å². The van der Waals surface area contributed by atoms with Crippen molar-refractivity contribution in [2.75, 3.05) is 6.54 Å². The Morgan fingerprint density at radius 3 is 2.62 bits per heavy atom. The molecule has 0 fully saturated rings. The Morgan fingerprint density at radius 1 is 1.38 bits per heavy atom. The highest BCUT2D eigenvalue weighted by atomic mass is 19.1. The summed E-state index contributed by atoms with van der Waals surface area (Å²) in [5.41, 5.74) is -0.593. The molecule has 0 bridgehead atoms. The quantitative estimate of drug-likeness (QED) is 0.717. The van der Waals surface area contributed by atoms with Crippen LogP contribution in [0.1, 0.15) is 38.4 Å². The fourth-order valence-corrected chi connectivity index (χ4v) is 1.70. The van der Waals surface area contributed by atoms with E-state index in [1.165, 1.54) is 24.3 Å². The average Bonchev–Trinajstić information content (AvgIpc) is 2.38. The van der Waals surface area contributed by atoms with E-state index in [0.717, 1.165) is 0 Å². The molecule has 0 aliphatic rings. The van der Waals surface area contributed by atoms with E-state index >= 15 is 0 Å². The molecule has 0 heterocycles. The maximum atomic E-state index is 13.0. The van der Waals surface area contributed by atoms with Gasteiger partial charge in [-0.2, -0.15) is 0 Å². The second-order valence-corrected chi connectivity index (χ2v) is 5.56. The number of halogens is 1. The number of carbonyl (C=O) groups is 2. The molecule has 0 aromatic heterocycles. The van der Waals surface area contributed by atoms with Crippen molar-refractivity contribution >= 4 is 11.9 Å². The molecule has 0 aliphatic carbocycles. The predicted octanol–water partition coefficient (Wildman–Crippen LogP) is 1.87. The summed E-state index contributed by atoms with van der Waals surface area (Å²) in [6, 6.07) is 5.42. The molecule has 1 unspecified atom stereocenters. The number of hydrogen-bond acceptors (Lipinski definition) is 3. The summed E-state index contributed by atoms with van der Waals surface area (Å²) in [5, 5.41) is 21.3. The van der Waals surface area contributed by atoms with E-state index in [-0.39, 0.29) is 19.4 Å². The summed E-state index contributed by atoms with van der Waals surface area (Å²) in [6.45, 7) is 3.35. The summed E-state index contributed by atoms with van der Waals surface area (Å²) in [4.78, 5) is 22.6. The molecular weight excluding hydrogens is 277 g/mol. The van der Waals surface area contributed by atoms with Gasteiger partial charge in [0, 0.05) is 6.54 Å². The van der Waals surface area contributed by atoms with Gasteiger partial charge in [0.1, 0.15) is 5.82 Å². The molecule has 1 amide bonds. The van der Waals surface area contributed by atoms with Crippen LogP contribution in [-0.4, -0.2) is 28.6 Å². The summed E-state index contributed by atoms with van der Waals surface area (Å²) in [5.74, 6) is -1.82. The van der Waals surface area contributed by atoms with E-state index < -0.39 is 29.2 Å². The van der Waals surface area contributed by atoms with Gasteiger partial charge in [-0.3, -0.25) is 9.59 Å². The van der Waals surface area contributed by atoms with Crippen molar-refractivity contribution in [3.05, 3.63) is 35.6 Å². The van der Waals surface area contributed by atoms with Gasteiger partial charge in [0.25, 0.3) is 0 Å². The van der Waals surface area contributed by atoms with E-state index in [1.807, 2.05) is 0 Å². The third-order valence-electron chi connectivity index (χ3n) is 3.26. The second-order valence-electron chi connectivity index (χ2n) is 5.56. The largest absolute Gasteiger partial charge is 0.481 e. The fourth-order valence-electron chi connectivity index (χ4n) is 1.70. The van der Waals surface area contributed by atoms with Crippen molar-refractivity contribution in [1.29, 1.82) is 0 Å². The zero-order valence-electron chi connectivity index (χ0n) is 12.1. The smallest absolute Gasteiger partial charge is 0.309 e. The molecule has 3 N–H and O–H groups in total. The molecule has 0 aliphatic heterocycles. The van der Waals surface area contributed by atoms with Crippen LogP contribution in [0.5, 0.6) is 0 Å². The van der Waals surface area contributed by atoms with Gasteiger partial charge in [-0.15, -0.1) is 0 Å². The molecule has 1 aromatic rings. The van der Waals surface area contributed by atoms with Gasteiger partial charge in [-0.05, 0) is 38.0 Å². The molecule has 1 aromatic carbocycles. The van der Waals surface area contributed by atoms with E-state index in [2.05, 4.69) is 5.32 Å². The van der Waals surface area contributed by atoms with Crippen LogP contribution in [0.3, 0.4) is 0 Å². The van der Waals surface area contributed by atoms with Gasteiger partial charge < -0.3 is 15.5 Å². The van der Waals surface area contributed by atoms with Crippen LogP contribution in [0.15, 0.2) is 24.3 Å². The van der Waals surface area contributed by atoms with E-state index in [0.29, 0.717) is 5.56 Å². The van der Waals surface area contributed by atoms with Crippen LogP contribution in [0, 0.1) is 11.2 Å². The van der Waals surface area contributed by atoms with Crippen molar-refractivity contribution in [2.45, 2.75) is 32.8 Å². The minimum absolute atomic E-state index is 0.197. The van der Waals surface area contributed by atoms with Gasteiger partial charge in [-0.25, -0.2) is 4.39 Å². The number of nitrogens with one attached hydrogen (secondary N) is 1. The standard InChI is InChI=1S/C15H20FNO4/c1-15(2,14(20)21)6-7-17-13(19)9-12(18)10-4-3-5-11(16)8-10/h3-5,8,12,18H,6-7,9H2,1-2H3,(H,17,19)(H,20,21). The van der Waals surface area contributed by atoms with Crippen LogP contribution in [0.25, 0.3) is 0 Å². The number of carboxylic acid groups (broad SMARTS) is 1. The van der Waals surface area contributed by atoms with Crippen molar-refractivity contribution in [2.24, 2.45) is 5.41 Å². The number of rotatable bonds is 7. The number of benzene rings is 1. The summed E-state index contributed by atoms with van der Waals surface area (Å²) in [7, 11) is 0. The van der Waals surface area contributed by atoms with Gasteiger partial charge in [0.2, 0.25) is 5.91 Å². The number of aliphatic carboxylic acids is 1. The molecule has 1 rings (SSSR count). The lowest BCUT2D eigenvalue weighted by Crippen LogP contribution is -2.32. The van der Waals surface area contributed by atoms with Crippen molar-refractivity contribution in [3.8, 4) is 0 Å². The predicted molar refractivity (Wildman–Crippen MR) is 75.0 cm³/mol. The number of carbonyl (C=O) groups excluding carboxylic acids is 1. The lowest BCUT2D eigenvalue weighted by Gasteiger charge is -2.19. The van der Waals surface area contributed by atoms with Gasteiger partial charge in [0.15, 0.2) is 0 Å². The van der Waals surface area contributed by atoms with Crippen LogP contribution in [-0.2, 0) is 9.59 Å². The van der Waals surface area contributed by atoms with Gasteiger partial charge in [0.05, 0.1) is 17.9 Å². The van der Waals surface area contributed by atoms with Crippen LogP contribution in [0.2, 0.25) is 0 Å². The third-order valence-corrected chi connectivity index (χ3v) is 3.26. The molecule has 1 atom stereocenters. The summed E-state index contributed by atoms with van der Waals surface area (Å²) >= 11 is 0. The van der Waals surface area contributed by atoms with Crippen LogP contribution in [0.4, 0.5) is 4.39 Å². The van der Waals surface area contributed by atoms with E-state index in [9.17, 15) is 19.1 Å². The maximum absolute atomic E-state index is 13.0. The SMILES string of the molecule is CC(C)(CCNC(=O)CC(O)c1cccc(F)c1)C(=O)O. The summed E-state index contributed by atoms with van der Waals surface area (Å²) < 4.78 is 13.0. The molecule has 21 heavy (non-hydrogen) atoms. The average molecular weight is 297 g/mol. The van der Waals surface area contributed by atoms with Crippen molar-refractivity contribution in [1.82, 2.24) is 5.32 Å². The molecule has 0 saturated heterocycles. The molecule has 5 nitrogen and oxygen atoms in total. The Hall–Kier alpha value is -1.95. The molecule has 6 heteroatoms. The minimum Gasteiger partial charge on any atom is -0.481 e. The zero-order valence-corrected chi connectivity index (χ0v) is 12.1. The number of amides is 1. The highest BCUT2D eigenvalue weighted by Gasteiger charge is 2.26. The first-order valence-corrected chi connectivity index (χ1v) is 6.66. The maximum Gasteiger partial charge on any atom is 0.309 e. The fraction of sp³-hybridized carbons (Fsp3) is 0.467. The molecule has 0 radical (unpaired) electrons. The lowest BCUT2D eigenvalue weighted by molar-refractivity contribution is -0.147. The van der Waals surface area contributed by atoms with E-state index in [4.69, 9.17) is 5.11 Å². The Morgan fingerprint density at radius 2 is 2.05 bits per heavy atom. The van der Waals surface area contributed by atoms with Crippen molar-refractivity contribution < 1.29 is 24.2 Å². The first-order valence-electron chi connectivity index (χ1n) is 6.66. The van der Waals surface area contributed by atoms with E-state index in [1.54, 1.807) is 13.8 Å². The Bertz CT molecular complexity index is 516.